The molecule has 2 fully saturated rings. The molecule has 0 spiro atoms. The molecular formula is C22H27ClN4O4S. The number of anilines is 1. The van der Waals surface area contributed by atoms with Crippen LogP contribution in [0.25, 0.3) is 0 Å². The number of non-ortho nitro benzene ring substituents is 1. The average molecular weight is 479 g/mol. The first-order valence-corrected chi connectivity index (χ1v) is 12.7. The SMILES string of the molecule is O=[N+]([O-])c1ccc(N2CCCN(Cc3ccc(Cl)cc3)CC2)c(S(=O)(=O)N2CCCC2)c1. The Morgan fingerprint density at radius 1 is 0.906 bits per heavy atom. The summed E-state index contributed by atoms with van der Waals surface area (Å²) in [6, 6.07) is 12.0. The van der Waals surface area contributed by atoms with Gasteiger partial charge < -0.3 is 4.90 Å². The Labute approximate surface area is 193 Å². The Morgan fingerprint density at radius 3 is 2.31 bits per heavy atom. The fraction of sp³-hybridized carbons (Fsp3) is 0.455. The molecule has 0 N–H and O–H groups in total. The topological polar surface area (TPSA) is 87.0 Å². The molecule has 0 radical (unpaired) electrons. The number of nitrogens with zero attached hydrogens (tertiary/aromatic N) is 4. The number of hydrogen-bond acceptors (Lipinski definition) is 6. The molecule has 2 saturated heterocycles. The van der Waals surface area contributed by atoms with E-state index in [0.29, 0.717) is 36.9 Å². The fourth-order valence-corrected chi connectivity index (χ4v) is 6.24. The van der Waals surface area contributed by atoms with Gasteiger partial charge in [-0.25, -0.2) is 8.42 Å². The summed E-state index contributed by atoms with van der Waals surface area (Å²) in [7, 11) is -3.79. The maximum atomic E-state index is 13.3. The van der Waals surface area contributed by atoms with Crippen LogP contribution in [0.15, 0.2) is 47.4 Å². The summed E-state index contributed by atoms with van der Waals surface area (Å²) in [5.74, 6) is 0. The number of benzene rings is 2. The Morgan fingerprint density at radius 2 is 1.62 bits per heavy atom. The molecule has 0 atom stereocenters. The molecule has 10 heteroatoms. The third-order valence-electron chi connectivity index (χ3n) is 6.09. The van der Waals surface area contributed by atoms with Crippen molar-refractivity contribution in [1.82, 2.24) is 9.21 Å². The van der Waals surface area contributed by atoms with Crippen LogP contribution in [0.4, 0.5) is 11.4 Å². The van der Waals surface area contributed by atoms with Gasteiger partial charge in [0, 0.05) is 63.0 Å². The van der Waals surface area contributed by atoms with E-state index in [1.165, 1.54) is 22.0 Å². The van der Waals surface area contributed by atoms with Crippen LogP contribution in [0.2, 0.25) is 5.02 Å². The Hall–Kier alpha value is -2.20. The normalized spacial score (nSPS) is 18.6. The maximum Gasteiger partial charge on any atom is 0.270 e. The zero-order chi connectivity index (χ0) is 22.7. The molecule has 2 aromatic carbocycles. The van der Waals surface area contributed by atoms with E-state index < -0.39 is 14.9 Å². The lowest BCUT2D eigenvalue weighted by Crippen LogP contribution is -2.33. The van der Waals surface area contributed by atoms with Crippen LogP contribution in [-0.4, -0.2) is 61.8 Å². The minimum absolute atomic E-state index is 0.0414. The third kappa shape index (κ3) is 5.06. The van der Waals surface area contributed by atoms with Gasteiger partial charge in [0.05, 0.1) is 10.6 Å². The van der Waals surface area contributed by atoms with Crippen molar-refractivity contribution in [2.24, 2.45) is 0 Å². The predicted octanol–water partition coefficient (Wildman–Crippen LogP) is 3.75. The molecule has 2 heterocycles. The molecule has 0 aromatic heterocycles. The summed E-state index contributed by atoms with van der Waals surface area (Å²) in [5, 5.41) is 12.1. The zero-order valence-electron chi connectivity index (χ0n) is 17.8. The first kappa shape index (κ1) is 23.0. The van der Waals surface area contributed by atoms with Crippen LogP contribution in [0, 0.1) is 10.1 Å². The largest absolute Gasteiger partial charge is 0.369 e. The molecule has 0 amide bonds. The monoisotopic (exact) mass is 478 g/mol. The molecule has 0 saturated carbocycles. The van der Waals surface area contributed by atoms with Crippen molar-refractivity contribution in [3.05, 3.63) is 63.2 Å². The van der Waals surface area contributed by atoms with Gasteiger partial charge in [-0.15, -0.1) is 0 Å². The van der Waals surface area contributed by atoms with Crippen molar-refractivity contribution in [2.45, 2.75) is 30.7 Å². The van der Waals surface area contributed by atoms with E-state index in [1.807, 2.05) is 24.3 Å². The van der Waals surface area contributed by atoms with Crippen LogP contribution >= 0.6 is 11.6 Å². The molecule has 4 rings (SSSR count). The third-order valence-corrected chi connectivity index (χ3v) is 8.27. The Kier molecular flexibility index (Phi) is 6.99. The molecule has 172 valence electrons. The van der Waals surface area contributed by atoms with Crippen molar-refractivity contribution in [2.75, 3.05) is 44.2 Å². The summed E-state index contributed by atoms with van der Waals surface area (Å²) in [6.07, 6.45) is 2.49. The van der Waals surface area contributed by atoms with E-state index >= 15 is 0 Å². The molecule has 8 nitrogen and oxygen atoms in total. The van der Waals surface area contributed by atoms with E-state index in [-0.39, 0.29) is 10.6 Å². The number of hydrogen-bond donors (Lipinski definition) is 0. The van der Waals surface area contributed by atoms with E-state index in [0.717, 1.165) is 38.9 Å². The Balaban J connectivity index is 1.57. The molecule has 2 aromatic rings. The maximum absolute atomic E-state index is 13.3. The molecule has 2 aliphatic heterocycles. The van der Waals surface area contributed by atoms with Crippen molar-refractivity contribution in [1.29, 1.82) is 0 Å². The first-order chi connectivity index (χ1) is 15.3. The molecule has 2 aliphatic rings. The van der Waals surface area contributed by atoms with Crippen molar-refractivity contribution < 1.29 is 13.3 Å². The highest BCUT2D eigenvalue weighted by Gasteiger charge is 2.32. The second-order valence-electron chi connectivity index (χ2n) is 8.26. The molecular weight excluding hydrogens is 452 g/mol. The van der Waals surface area contributed by atoms with Crippen LogP contribution in [0.5, 0.6) is 0 Å². The minimum Gasteiger partial charge on any atom is -0.369 e. The number of halogens is 1. The van der Waals surface area contributed by atoms with Gasteiger partial charge in [0.2, 0.25) is 10.0 Å². The number of rotatable bonds is 6. The highest BCUT2D eigenvalue weighted by Crippen LogP contribution is 2.33. The van der Waals surface area contributed by atoms with E-state index in [9.17, 15) is 18.5 Å². The standard InChI is InChI=1S/C22H27ClN4O4S/c23-19-6-4-18(5-7-19)17-24-10-3-11-25(15-14-24)21-9-8-20(27(28)29)16-22(21)32(30,31)26-12-1-2-13-26/h4-9,16H,1-3,10-15,17H2. The minimum atomic E-state index is -3.79. The Bertz CT molecular complexity index is 1070. The van der Waals surface area contributed by atoms with Crippen LogP contribution in [0.1, 0.15) is 24.8 Å². The van der Waals surface area contributed by atoms with Gasteiger partial charge in [-0.3, -0.25) is 15.0 Å². The first-order valence-electron chi connectivity index (χ1n) is 10.8. The summed E-state index contributed by atoms with van der Waals surface area (Å²) in [4.78, 5) is 15.2. The highest BCUT2D eigenvalue weighted by molar-refractivity contribution is 7.89. The van der Waals surface area contributed by atoms with Gasteiger partial charge in [0.25, 0.3) is 5.69 Å². The summed E-state index contributed by atoms with van der Waals surface area (Å²) in [6.45, 7) is 4.71. The number of nitro benzene ring substituents is 1. The van der Waals surface area contributed by atoms with Crippen molar-refractivity contribution >= 4 is 33.0 Å². The lowest BCUT2D eigenvalue weighted by molar-refractivity contribution is -0.385. The van der Waals surface area contributed by atoms with Gasteiger partial charge in [-0.05, 0) is 43.0 Å². The predicted molar refractivity (Wildman–Crippen MR) is 125 cm³/mol. The van der Waals surface area contributed by atoms with Crippen LogP contribution in [0.3, 0.4) is 0 Å². The quantitative estimate of drug-likeness (QED) is 0.464. The van der Waals surface area contributed by atoms with Gasteiger partial charge >= 0.3 is 0 Å². The average Bonchev–Trinajstić information content (AvgIpc) is 3.23. The lowest BCUT2D eigenvalue weighted by atomic mass is 10.2. The van der Waals surface area contributed by atoms with Crippen LogP contribution < -0.4 is 4.90 Å². The van der Waals surface area contributed by atoms with Gasteiger partial charge in [0.15, 0.2) is 0 Å². The molecule has 0 bridgehead atoms. The number of sulfonamides is 1. The van der Waals surface area contributed by atoms with E-state index in [4.69, 9.17) is 11.6 Å². The van der Waals surface area contributed by atoms with Crippen LogP contribution in [-0.2, 0) is 16.6 Å². The molecule has 0 unspecified atom stereocenters. The smallest absolute Gasteiger partial charge is 0.270 e. The van der Waals surface area contributed by atoms with E-state index in [1.54, 1.807) is 6.07 Å². The van der Waals surface area contributed by atoms with Crippen molar-refractivity contribution in [3.8, 4) is 0 Å². The summed E-state index contributed by atoms with van der Waals surface area (Å²) in [5.41, 5.74) is 1.53. The van der Waals surface area contributed by atoms with E-state index in [2.05, 4.69) is 9.80 Å². The number of nitro groups is 1. The summed E-state index contributed by atoms with van der Waals surface area (Å²) < 4.78 is 28.1. The zero-order valence-corrected chi connectivity index (χ0v) is 19.4. The van der Waals surface area contributed by atoms with Gasteiger partial charge in [0.1, 0.15) is 4.90 Å². The second kappa shape index (κ2) is 9.74. The molecule has 0 aliphatic carbocycles. The fourth-order valence-electron chi connectivity index (χ4n) is 4.37. The molecule has 32 heavy (non-hydrogen) atoms. The summed E-state index contributed by atoms with van der Waals surface area (Å²) >= 11 is 5.98. The lowest BCUT2D eigenvalue weighted by Gasteiger charge is -2.27. The van der Waals surface area contributed by atoms with Gasteiger partial charge in [-0.1, -0.05) is 23.7 Å². The second-order valence-corrected chi connectivity index (χ2v) is 10.6. The highest BCUT2D eigenvalue weighted by atomic mass is 35.5. The van der Waals surface area contributed by atoms with Gasteiger partial charge in [-0.2, -0.15) is 4.31 Å². The van der Waals surface area contributed by atoms with Crippen molar-refractivity contribution in [3.63, 3.8) is 0 Å².